The number of carbonyl (C=O) groups is 1. The molecule has 17 heavy (non-hydrogen) atoms. The number of benzene rings is 1. The molecule has 0 saturated heterocycles. The molecule has 0 aromatic heterocycles. The van der Waals surface area contributed by atoms with Gasteiger partial charge in [-0.25, -0.2) is 0 Å². The van der Waals surface area contributed by atoms with Gasteiger partial charge < -0.3 is 5.32 Å². The van der Waals surface area contributed by atoms with E-state index in [9.17, 15) is 4.79 Å². The van der Waals surface area contributed by atoms with Crippen LogP contribution in [0.5, 0.6) is 0 Å². The number of carbonyl (C=O) groups excluding carboxylic acids is 1. The van der Waals surface area contributed by atoms with Crippen molar-refractivity contribution < 1.29 is 4.79 Å². The summed E-state index contributed by atoms with van der Waals surface area (Å²) in [5, 5.41) is 2.93. The van der Waals surface area contributed by atoms with Crippen molar-refractivity contribution in [2.45, 2.75) is 32.1 Å². The number of amides is 1. The van der Waals surface area contributed by atoms with Gasteiger partial charge in [0, 0.05) is 18.0 Å². The molecule has 1 N–H and O–H groups in total. The molecule has 2 nitrogen and oxygen atoms in total. The maximum absolute atomic E-state index is 11.9. The Morgan fingerprint density at radius 3 is 2.88 bits per heavy atom. The first kappa shape index (κ1) is 12.4. The van der Waals surface area contributed by atoms with Crippen LogP contribution >= 0.6 is 11.6 Å². The lowest BCUT2D eigenvalue weighted by Crippen LogP contribution is -2.24. The van der Waals surface area contributed by atoms with E-state index in [0.717, 1.165) is 31.2 Å². The SMILES string of the molecule is O=C(NCCCCCl)c1ccc2c(c1)CCC2. The molecule has 0 aliphatic heterocycles. The van der Waals surface area contributed by atoms with E-state index in [4.69, 9.17) is 11.6 Å². The molecule has 2 rings (SSSR count). The second-order valence-corrected chi connectivity index (χ2v) is 4.87. The van der Waals surface area contributed by atoms with E-state index < -0.39 is 0 Å². The van der Waals surface area contributed by atoms with Crippen LogP contribution in [0.1, 0.15) is 40.7 Å². The predicted molar refractivity (Wildman–Crippen MR) is 70.8 cm³/mol. The van der Waals surface area contributed by atoms with Crippen LogP contribution in [0.25, 0.3) is 0 Å². The average Bonchev–Trinajstić information content (AvgIpc) is 2.81. The van der Waals surface area contributed by atoms with Gasteiger partial charge >= 0.3 is 0 Å². The number of rotatable bonds is 5. The van der Waals surface area contributed by atoms with E-state index >= 15 is 0 Å². The molecule has 0 atom stereocenters. The van der Waals surface area contributed by atoms with Gasteiger partial charge in [-0.15, -0.1) is 11.6 Å². The third-order valence-electron chi connectivity index (χ3n) is 3.21. The van der Waals surface area contributed by atoms with Gasteiger partial charge in [-0.1, -0.05) is 6.07 Å². The van der Waals surface area contributed by atoms with Gasteiger partial charge in [0.15, 0.2) is 0 Å². The quantitative estimate of drug-likeness (QED) is 0.633. The fraction of sp³-hybridized carbons (Fsp3) is 0.500. The summed E-state index contributed by atoms with van der Waals surface area (Å²) in [6, 6.07) is 6.07. The largest absolute Gasteiger partial charge is 0.352 e. The average molecular weight is 252 g/mol. The van der Waals surface area contributed by atoms with E-state index in [1.807, 2.05) is 12.1 Å². The van der Waals surface area contributed by atoms with Crippen molar-refractivity contribution >= 4 is 17.5 Å². The molecular weight excluding hydrogens is 234 g/mol. The van der Waals surface area contributed by atoms with Gasteiger partial charge in [0.25, 0.3) is 5.91 Å². The lowest BCUT2D eigenvalue weighted by Gasteiger charge is -2.06. The minimum Gasteiger partial charge on any atom is -0.352 e. The molecule has 0 spiro atoms. The Balaban J connectivity index is 1.91. The summed E-state index contributed by atoms with van der Waals surface area (Å²) < 4.78 is 0. The summed E-state index contributed by atoms with van der Waals surface area (Å²) in [7, 11) is 0. The molecule has 0 radical (unpaired) electrons. The summed E-state index contributed by atoms with van der Waals surface area (Å²) in [5.41, 5.74) is 3.54. The standard InChI is InChI=1S/C14H18ClNO/c15-8-1-2-9-16-14(17)13-7-6-11-4-3-5-12(11)10-13/h6-7,10H,1-5,8-9H2,(H,16,17). The summed E-state index contributed by atoms with van der Waals surface area (Å²) in [6.07, 6.45) is 5.39. The normalized spacial score (nSPS) is 13.5. The number of aryl methyl sites for hydroxylation is 2. The molecule has 0 unspecified atom stereocenters. The number of halogens is 1. The summed E-state index contributed by atoms with van der Waals surface area (Å²) in [5.74, 6) is 0.698. The third-order valence-corrected chi connectivity index (χ3v) is 3.47. The van der Waals surface area contributed by atoms with Crippen LogP contribution in [0.2, 0.25) is 0 Å². The molecule has 1 aliphatic rings. The van der Waals surface area contributed by atoms with E-state index in [1.165, 1.54) is 17.5 Å². The van der Waals surface area contributed by atoms with Crippen molar-refractivity contribution in [3.63, 3.8) is 0 Å². The topological polar surface area (TPSA) is 29.1 Å². The molecule has 0 heterocycles. The fourth-order valence-electron chi connectivity index (χ4n) is 2.24. The van der Waals surface area contributed by atoms with Crippen LogP contribution < -0.4 is 5.32 Å². The number of hydrogen-bond donors (Lipinski definition) is 1. The minimum atomic E-state index is 0.0364. The number of nitrogens with one attached hydrogen (secondary N) is 1. The summed E-state index contributed by atoms with van der Waals surface area (Å²) in [4.78, 5) is 11.9. The van der Waals surface area contributed by atoms with Crippen LogP contribution in [-0.4, -0.2) is 18.3 Å². The van der Waals surface area contributed by atoms with Crippen LogP contribution in [-0.2, 0) is 12.8 Å². The van der Waals surface area contributed by atoms with Crippen molar-refractivity contribution in [1.82, 2.24) is 5.32 Å². The Bertz CT molecular complexity index is 403. The van der Waals surface area contributed by atoms with Crippen LogP contribution in [0.3, 0.4) is 0 Å². The van der Waals surface area contributed by atoms with Crippen LogP contribution in [0.15, 0.2) is 18.2 Å². The second kappa shape index (κ2) is 6.06. The third kappa shape index (κ3) is 3.22. The first-order valence-corrected chi connectivity index (χ1v) is 6.80. The number of hydrogen-bond acceptors (Lipinski definition) is 1. The molecule has 1 aromatic rings. The van der Waals surface area contributed by atoms with E-state index in [2.05, 4.69) is 11.4 Å². The van der Waals surface area contributed by atoms with E-state index in [1.54, 1.807) is 0 Å². The minimum absolute atomic E-state index is 0.0364. The van der Waals surface area contributed by atoms with Gasteiger partial charge in [0.05, 0.1) is 0 Å². The van der Waals surface area contributed by atoms with Gasteiger partial charge in [-0.3, -0.25) is 4.79 Å². The molecule has 1 amide bonds. The van der Waals surface area contributed by atoms with Crippen molar-refractivity contribution in [2.75, 3.05) is 12.4 Å². The summed E-state index contributed by atoms with van der Waals surface area (Å²) in [6.45, 7) is 0.711. The van der Waals surface area contributed by atoms with Crippen molar-refractivity contribution in [1.29, 1.82) is 0 Å². The number of fused-ring (bicyclic) bond motifs is 1. The smallest absolute Gasteiger partial charge is 0.251 e. The molecule has 3 heteroatoms. The van der Waals surface area contributed by atoms with Gasteiger partial charge in [0.1, 0.15) is 0 Å². The lowest BCUT2D eigenvalue weighted by molar-refractivity contribution is 0.0953. The molecule has 0 bridgehead atoms. The van der Waals surface area contributed by atoms with Crippen LogP contribution in [0, 0.1) is 0 Å². The monoisotopic (exact) mass is 251 g/mol. The lowest BCUT2D eigenvalue weighted by atomic mass is 10.1. The fourth-order valence-corrected chi connectivity index (χ4v) is 2.43. The van der Waals surface area contributed by atoms with Gasteiger partial charge in [-0.05, 0) is 55.4 Å². The zero-order valence-electron chi connectivity index (χ0n) is 9.97. The zero-order chi connectivity index (χ0) is 12.1. The molecule has 1 aliphatic carbocycles. The molecule has 1 aromatic carbocycles. The van der Waals surface area contributed by atoms with Crippen molar-refractivity contribution in [3.05, 3.63) is 34.9 Å². The Hall–Kier alpha value is -1.02. The predicted octanol–water partition coefficient (Wildman–Crippen LogP) is 2.92. The molecular formula is C14H18ClNO. The van der Waals surface area contributed by atoms with E-state index in [-0.39, 0.29) is 5.91 Å². The highest BCUT2D eigenvalue weighted by Crippen LogP contribution is 2.22. The molecule has 0 fully saturated rings. The Morgan fingerprint density at radius 1 is 1.24 bits per heavy atom. The van der Waals surface area contributed by atoms with E-state index in [0.29, 0.717) is 12.4 Å². The Kier molecular flexibility index (Phi) is 4.43. The maximum atomic E-state index is 11.9. The second-order valence-electron chi connectivity index (χ2n) is 4.49. The van der Waals surface area contributed by atoms with Crippen molar-refractivity contribution in [2.24, 2.45) is 0 Å². The zero-order valence-corrected chi connectivity index (χ0v) is 10.7. The number of alkyl halides is 1. The highest BCUT2D eigenvalue weighted by Gasteiger charge is 2.13. The first-order chi connectivity index (χ1) is 8.31. The molecule has 0 saturated carbocycles. The van der Waals surface area contributed by atoms with Gasteiger partial charge in [-0.2, -0.15) is 0 Å². The Morgan fingerprint density at radius 2 is 2.06 bits per heavy atom. The molecule has 92 valence electrons. The maximum Gasteiger partial charge on any atom is 0.251 e. The highest BCUT2D eigenvalue weighted by molar-refractivity contribution is 6.17. The van der Waals surface area contributed by atoms with Crippen molar-refractivity contribution in [3.8, 4) is 0 Å². The Labute approximate surface area is 107 Å². The number of unbranched alkanes of at least 4 members (excludes halogenated alkanes) is 1. The highest BCUT2D eigenvalue weighted by atomic mass is 35.5. The van der Waals surface area contributed by atoms with Crippen LogP contribution in [0.4, 0.5) is 0 Å². The first-order valence-electron chi connectivity index (χ1n) is 6.27. The van der Waals surface area contributed by atoms with Gasteiger partial charge in [0.2, 0.25) is 0 Å². The summed E-state index contributed by atoms with van der Waals surface area (Å²) >= 11 is 5.59.